The number of imidazole rings is 1. The number of rotatable bonds is 5. The third kappa shape index (κ3) is 2.65. The van der Waals surface area contributed by atoms with Crippen molar-refractivity contribution >= 4 is 11.0 Å². The molecule has 6 heteroatoms. The van der Waals surface area contributed by atoms with E-state index in [-0.39, 0.29) is 0 Å². The third-order valence-corrected chi connectivity index (χ3v) is 3.01. The number of H-pyrrole nitrogens is 1. The van der Waals surface area contributed by atoms with E-state index < -0.39 is 0 Å². The van der Waals surface area contributed by atoms with Crippen molar-refractivity contribution in [3.05, 3.63) is 30.6 Å². The van der Waals surface area contributed by atoms with E-state index >= 15 is 0 Å². The molecule has 3 aromatic rings. The van der Waals surface area contributed by atoms with Crippen LogP contribution in [0.15, 0.2) is 30.6 Å². The van der Waals surface area contributed by atoms with Gasteiger partial charge in [-0.3, -0.25) is 0 Å². The molecule has 3 rings (SSSR count). The molecule has 108 valence electrons. The molecule has 21 heavy (non-hydrogen) atoms. The van der Waals surface area contributed by atoms with Crippen LogP contribution in [0.1, 0.15) is 13.8 Å². The normalized spacial score (nSPS) is 10.8. The summed E-state index contributed by atoms with van der Waals surface area (Å²) in [7, 11) is 0. The highest BCUT2D eigenvalue weighted by Crippen LogP contribution is 2.32. The highest BCUT2D eigenvalue weighted by Gasteiger charge is 2.12. The molecular formula is C15H16N4O2. The number of ether oxygens (including phenoxy) is 2. The molecular weight excluding hydrogens is 268 g/mol. The minimum Gasteiger partial charge on any atom is -0.494 e. The quantitative estimate of drug-likeness (QED) is 0.780. The van der Waals surface area contributed by atoms with Crippen LogP contribution >= 0.6 is 0 Å². The first kappa shape index (κ1) is 13.4. The first-order valence-corrected chi connectivity index (χ1v) is 6.88. The van der Waals surface area contributed by atoms with Crippen molar-refractivity contribution in [2.75, 3.05) is 13.2 Å². The van der Waals surface area contributed by atoms with Gasteiger partial charge in [0.05, 0.1) is 36.7 Å². The molecule has 6 nitrogen and oxygen atoms in total. The van der Waals surface area contributed by atoms with Crippen molar-refractivity contribution in [3.63, 3.8) is 0 Å². The summed E-state index contributed by atoms with van der Waals surface area (Å²) < 4.78 is 11.2. The average molecular weight is 284 g/mol. The van der Waals surface area contributed by atoms with E-state index in [1.54, 1.807) is 12.4 Å². The Balaban J connectivity index is 2.07. The summed E-state index contributed by atoms with van der Waals surface area (Å²) in [6.07, 6.45) is 3.28. The van der Waals surface area contributed by atoms with Crippen LogP contribution in [0.3, 0.4) is 0 Å². The van der Waals surface area contributed by atoms with E-state index in [4.69, 9.17) is 9.47 Å². The van der Waals surface area contributed by atoms with Gasteiger partial charge in [-0.2, -0.15) is 10.2 Å². The lowest BCUT2D eigenvalue weighted by Gasteiger charge is -2.11. The molecule has 1 aromatic carbocycles. The van der Waals surface area contributed by atoms with Gasteiger partial charge in [0.2, 0.25) is 0 Å². The number of hydrogen-bond donors (Lipinski definition) is 1. The topological polar surface area (TPSA) is 72.9 Å². The fraction of sp³-hybridized carbons (Fsp3) is 0.267. The van der Waals surface area contributed by atoms with E-state index in [0.717, 1.165) is 33.9 Å². The number of aromatic nitrogens is 4. The zero-order valence-electron chi connectivity index (χ0n) is 12.0. The van der Waals surface area contributed by atoms with Crippen LogP contribution in [0.5, 0.6) is 11.5 Å². The minimum atomic E-state index is 0.575. The molecule has 0 aliphatic heterocycles. The summed E-state index contributed by atoms with van der Waals surface area (Å²) in [4.78, 5) is 7.75. The van der Waals surface area contributed by atoms with Gasteiger partial charge in [-0.25, -0.2) is 4.98 Å². The van der Waals surface area contributed by atoms with Gasteiger partial charge in [0.1, 0.15) is 22.8 Å². The Labute approximate surface area is 122 Å². The van der Waals surface area contributed by atoms with Gasteiger partial charge < -0.3 is 14.5 Å². The van der Waals surface area contributed by atoms with Crippen LogP contribution in [0.2, 0.25) is 0 Å². The van der Waals surface area contributed by atoms with Gasteiger partial charge in [-0.1, -0.05) is 0 Å². The molecule has 0 saturated heterocycles. The summed E-state index contributed by atoms with van der Waals surface area (Å²) in [5.41, 5.74) is 2.50. The number of benzene rings is 1. The maximum absolute atomic E-state index is 5.70. The molecule has 0 aliphatic carbocycles. The molecule has 0 unspecified atom stereocenters. The fourth-order valence-electron chi connectivity index (χ4n) is 2.13. The average Bonchev–Trinajstić information content (AvgIpc) is 2.92. The number of nitrogens with zero attached hydrogens (tertiary/aromatic N) is 3. The third-order valence-electron chi connectivity index (χ3n) is 3.01. The van der Waals surface area contributed by atoms with Gasteiger partial charge in [0.15, 0.2) is 0 Å². The molecule has 1 N–H and O–H groups in total. The van der Waals surface area contributed by atoms with Gasteiger partial charge in [-0.15, -0.1) is 0 Å². The van der Waals surface area contributed by atoms with E-state index in [0.29, 0.717) is 13.2 Å². The second kappa shape index (κ2) is 5.78. The van der Waals surface area contributed by atoms with Crippen LogP contribution in [-0.2, 0) is 0 Å². The largest absolute Gasteiger partial charge is 0.494 e. The Morgan fingerprint density at radius 1 is 1.05 bits per heavy atom. The molecule has 2 aromatic heterocycles. The van der Waals surface area contributed by atoms with Crippen molar-refractivity contribution in [2.45, 2.75) is 13.8 Å². The summed E-state index contributed by atoms with van der Waals surface area (Å²) >= 11 is 0. The Morgan fingerprint density at radius 3 is 2.62 bits per heavy atom. The van der Waals surface area contributed by atoms with Gasteiger partial charge in [0, 0.05) is 6.07 Å². The summed E-state index contributed by atoms with van der Waals surface area (Å²) in [5.74, 6) is 2.25. The van der Waals surface area contributed by atoms with Crippen molar-refractivity contribution in [1.82, 2.24) is 20.2 Å². The van der Waals surface area contributed by atoms with Gasteiger partial charge in [-0.05, 0) is 26.0 Å². The zero-order chi connectivity index (χ0) is 14.7. The Hall–Kier alpha value is -2.63. The van der Waals surface area contributed by atoms with Crippen LogP contribution in [0.25, 0.3) is 22.4 Å². The smallest absolute Gasteiger partial charge is 0.142 e. The monoisotopic (exact) mass is 284 g/mol. The molecule has 0 radical (unpaired) electrons. The zero-order valence-corrected chi connectivity index (χ0v) is 12.0. The molecule has 0 amide bonds. The lowest BCUT2D eigenvalue weighted by molar-refractivity contribution is 0.324. The van der Waals surface area contributed by atoms with Crippen molar-refractivity contribution < 1.29 is 9.47 Å². The minimum absolute atomic E-state index is 0.575. The molecule has 0 saturated carbocycles. The predicted molar refractivity (Wildman–Crippen MR) is 79.5 cm³/mol. The molecule has 0 bridgehead atoms. The van der Waals surface area contributed by atoms with Gasteiger partial charge >= 0.3 is 0 Å². The van der Waals surface area contributed by atoms with E-state index in [1.807, 2.05) is 32.0 Å². The summed E-state index contributed by atoms with van der Waals surface area (Å²) in [5, 5.41) is 7.68. The van der Waals surface area contributed by atoms with Crippen LogP contribution in [0, 0.1) is 0 Å². The van der Waals surface area contributed by atoms with Crippen molar-refractivity contribution in [2.24, 2.45) is 0 Å². The maximum atomic E-state index is 5.70. The van der Waals surface area contributed by atoms with E-state index in [2.05, 4.69) is 20.2 Å². The Kier molecular flexibility index (Phi) is 3.68. The molecule has 0 atom stereocenters. The maximum Gasteiger partial charge on any atom is 0.142 e. The Bertz CT molecular complexity index is 721. The SMILES string of the molecule is CCOc1ccc(-c2nc3cnncc3[nH]2)c(OCC)c1. The molecule has 0 spiro atoms. The predicted octanol–water partition coefficient (Wildman–Crippen LogP) is 2.82. The number of fused-ring (bicyclic) bond motifs is 1. The highest BCUT2D eigenvalue weighted by atomic mass is 16.5. The van der Waals surface area contributed by atoms with Crippen LogP contribution < -0.4 is 9.47 Å². The highest BCUT2D eigenvalue weighted by molar-refractivity contribution is 5.79. The first-order chi connectivity index (χ1) is 10.3. The summed E-state index contributed by atoms with van der Waals surface area (Å²) in [6.45, 7) is 5.09. The van der Waals surface area contributed by atoms with Crippen molar-refractivity contribution in [1.29, 1.82) is 0 Å². The standard InChI is InChI=1S/C15H16N4O2/c1-3-20-10-5-6-11(14(7-10)21-4-2)15-18-12-8-16-17-9-13(12)19-15/h5-9H,3-4H2,1-2H3,(H,18,19). The number of aromatic amines is 1. The Morgan fingerprint density at radius 2 is 1.86 bits per heavy atom. The van der Waals surface area contributed by atoms with Gasteiger partial charge in [0.25, 0.3) is 0 Å². The van der Waals surface area contributed by atoms with Crippen LogP contribution in [0.4, 0.5) is 0 Å². The number of hydrogen-bond acceptors (Lipinski definition) is 5. The first-order valence-electron chi connectivity index (χ1n) is 6.88. The second-order valence-corrected chi connectivity index (χ2v) is 4.40. The molecule has 0 aliphatic rings. The lowest BCUT2D eigenvalue weighted by atomic mass is 10.2. The molecule has 2 heterocycles. The van der Waals surface area contributed by atoms with E-state index in [1.165, 1.54) is 0 Å². The van der Waals surface area contributed by atoms with E-state index in [9.17, 15) is 0 Å². The fourth-order valence-corrected chi connectivity index (χ4v) is 2.13. The molecule has 0 fully saturated rings. The second-order valence-electron chi connectivity index (χ2n) is 4.40. The lowest BCUT2D eigenvalue weighted by Crippen LogP contribution is -1.97. The van der Waals surface area contributed by atoms with Crippen LogP contribution in [-0.4, -0.2) is 33.4 Å². The number of nitrogens with one attached hydrogen (secondary N) is 1. The van der Waals surface area contributed by atoms with Crippen molar-refractivity contribution in [3.8, 4) is 22.9 Å². The summed E-state index contributed by atoms with van der Waals surface area (Å²) in [6, 6.07) is 5.73.